The van der Waals surface area contributed by atoms with Gasteiger partial charge in [0.15, 0.2) is 5.75 Å². The van der Waals surface area contributed by atoms with Gasteiger partial charge < -0.3 is 9.30 Å². The van der Waals surface area contributed by atoms with Crippen molar-refractivity contribution in [2.24, 2.45) is 0 Å². The summed E-state index contributed by atoms with van der Waals surface area (Å²) in [6.45, 7) is 3.40. The Morgan fingerprint density at radius 1 is 0.920 bits per heavy atom. The molecule has 2 saturated heterocycles. The van der Waals surface area contributed by atoms with Crippen LogP contribution in [0.25, 0.3) is 0 Å². The molecule has 0 spiro atoms. The van der Waals surface area contributed by atoms with Crippen LogP contribution < -0.4 is 4.74 Å². The smallest absolute Gasteiger partial charge is 0.207 e. The summed E-state index contributed by atoms with van der Waals surface area (Å²) in [5.41, 5.74) is 0. The van der Waals surface area contributed by atoms with E-state index in [9.17, 15) is 26.5 Å². The first-order chi connectivity index (χ1) is 11.6. The maximum Gasteiger partial charge on any atom is 0.207 e. The van der Waals surface area contributed by atoms with Gasteiger partial charge in [-0.05, 0) is 39.0 Å². The number of fused-ring (bicyclic) bond motifs is 2. The summed E-state index contributed by atoms with van der Waals surface area (Å²) in [5.74, 6) is -11.3. The largest absolute Gasteiger partial charge is 0.484 e. The molecule has 1 aromatic carbocycles. The molecule has 0 radical (unpaired) electrons. The summed E-state index contributed by atoms with van der Waals surface area (Å²) in [4.78, 5) is 2.12. The van der Waals surface area contributed by atoms with Gasteiger partial charge in [-0.3, -0.25) is 4.90 Å². The lowest BCUT2D eigenvalue weighted by molar-refractivity contribution is 0.0543. The molecule has 25 heavy (non-hydrogen) atoms. The van der Waals surface area contributed by atoms with Gasteiger partial charge >= 0.3 is 0 Å². The van der Waals surface area contributed by atoms with E-state index in [0.29, 0.717) is 19.1 Å². The van der Waals surface area contributed by atoms with Crippen molar-refractivity contribution >= 4 is 7.14 Å². The molecule has 1 aromatic rings. The third-order valence-corrected chi connectivity index (χ3v) is 5.81. The van der Waals surface area contributed by atoms with E-state index < -0.39 is 48.1 Å². The molecule has 140 valence electrons. The summed E-state index contributed by atoms with van der Waals surface area (Å²) < 4.78 is 84.5. The van der Waals surface area contributed by atoms with Crippen LogP contribution in [-0.4, -0.2) is 42.7 Å². The molecule has 1 unspecified atom stereocenters. The maximum atomic E-state index is 13.8. The van der Waals surface area contributed by atoms with Crippen molar-refractivity contribution in [2.45, 2.75) is 43.9 Å². The highest BCUT2D eigenvalue weighted by Crippen LogP contribution is 2.45. The normalized spacial score (nSPS) is 26.9. The van der Waals surface area contributed by atoms with Crippen LogP contribution in [0.15, 0.2) is 0 Å². The first kappa shape index (κ1) is 18.6. The maximum absolute atomic E-state index is 13.8. The van der Waals surface area contributed by atoms with E-state index in [0.717, 1.165) is 12.8 Å². The molecule has 3 atom stereocenters. The van der Waals surface area contributed by atoms with Crippen LogP contribution in [0, 0.1) is 29.1 Å². The lowest BCUT2D eigenvalue weighted by Crippen LogP contribution is -2.46. The summed E-state index contributed by atoms with van der Waals surface area (Å²) in [5, 5.41) is 0. The Morgan fingerprint density at radius 2 is 1.36 bits per heavy atom. The number of piperidine rings is 1. The molecule has 0 saturated carbocycles. The van der Waals surface area contributed by atoms with Crippen molar-refractivity contribution in [2.75, 3.05) is 19.6 Å². The average Bonchev–Trinajstić information content (AvgIpc) is 2.76. The standard InChI is InChI=1S/C16H19F5NO2P/c1-25(2,23)7-22-8-3-4-9(22)6-10(5-8)24-16-14(20)12(18)11(17)13(19)15(16)21/h8-10H,3-7H2,1-2H3/t8-,9+,10?. The quantitative estimate of drug-likeness (QED) is 0.335. The van der Waals surface area contributed by atoms with Crippen LogP contribution in [0.2, 0.25) is 0 Å². The molecular formula is C16H19F5NO2P. The van der Waals surface area contributed by atoms with Crippen molar-refractivity contribution in [3.8, 4) is 5.75 Å². The van der Waals surface area contributed by atoms with E-state index in [1.807, 2.05) is 0 Å². The van der Waals surface area contributed by atoms with Gasteiger partial charge in [0.25, 0.3) is 0 Å². The molecule has 2 fully saturated rings. The van der Waals surface area contributed by atoms with Gasteiger partial charge in [0, 0.05) is 12.1 Å². The fourth-order valence-electron chi connectivity index (χ4n) is 3.80. The highest BCUT2D eigenvalue weighted by atomic mass is 31.2. The first-order valence-corrected chi connectivity index (χ1v) is 10.8. The minimum absolute atomic E-state index is 0.0400. The molecule has 2 bridgehead atoms. The Morgan fingerprint density at radius 3 is 1.80 bits per heavy atom. The molecular weight excluding hydrogens is 364 g/mol. The minimum Gasteiger partial charge on any atom is -0.484 e. The predicted octanol–water partition coefficient (Wildman–Crippen LogP) is 4.34. The molecule has 2 aliphatic rings. The Hall–Kier alpha value is -1.14. The number of benzene rings is 1. The van der Waals surface area contributed by atoms with Crippen molar-refractivity contribution in [3.05, 3.63) is 29.1 Å². The lowest BCUT2D eigenvalue weighted by atomic mass is 10.0. The molecule has 9 heteroatoms. The topological polar surface area (TPSA) is 29.5 Å². The monoisotopic (exact) mass is 383 g/mol. The van der Waals surface area contributed by atoms with Gasteiger partial charge in [-0.1, -0.05) is 0 Å². The van der Waals surface area contributed by atoms with E-state index in [-0.39, 0.29) is 12.1 Å². The van der Waals surface area contributed by atoms with E-state index in [1.165, 1.54) is 0 Å². The van der Waals surface area contributed by atoms with Gasteiger partial charge in [-0.15, -0.1) is 0 Å². The van der Waals surface area contributed by atoms with Gasteiger partial charge in [0.2, 0.25) is 29.1 Å². The van der Waals surface area contributed by atoms with Crippen LogP contribution in [-0.2, 0) is 4.57 Å². The number of hydrogen-bond acceptors (Lipinski definition) is 3. The van der Waals surface area contributed by atoms with Crippen LogP contribution in [0.1, 0.15) is 25.7 Å². The zero-order valence-corrected chi connectivity index (χ0v) is 14.8. The zero-order valence-electron chi connectivity index (χ0n) is 13.9. The third kappa shape index (κ3) is 3.56. The van der Waals surface area contributed by atoms with Gasteiger partial charge in [-0.2, -0.15) is 8.78 Å². The second kappa shape index (κ2) is 6.54. The molecule has 0 aromatic heterocycles. The van der Waals surface area contributed by atoms with Crippen LogP contribution in [0.3, 0.4) is 0 Å². The van der Waals surface area contributed by atoms with Gasteiger partial charge in [-0.25, -0.2) is 13.2 Å². The zero-order chi connectivity index (χ0) is 18.5. The summed E-state index contributed by atoms with van der Waals surface area (Å²) in [6.07, 6.45) is 2.28. The summed E-state index contributed by atoms with van der Waals surface area (Å²) >= 11 is 0. The Balaban J connectivity index is 1.78. The number of ether oxygens (including phenoxy) is 1. The van der Waals surface area contributed by atoms with Crippen molar-refractivity contribution in [3.63, 3.8) is 0 Å². The van der Waals surface area contributed by atoms with Crippen molar-refractivity contribution < 1.29 is 31.3 Å². The van der Waals surface area contributed by atoms with Crippen LogP contribution in [0.4, 0.5) is 22.0 Å². The Bertz CT molecular complexity index is 695. The van der Waals surface area contributed by atoms with Crippen LogP contribution >= 0.6 is 7.14 Å². The molecule has 0 amide bonds. The first-order valence-electron chi connectivity index (χ1n) is 8.06. The number of rotatable bonds is 4. The number of hydrogen-bond donors (Lipinski definition) is 0. The minimum atomic E-state index is -2.27. The Labute approximate surface area is 142 Å². The molecule has 0 N–H and O–H groups in total. The van der Waals surface area contributed by atoms with E-state index in [2.05, 4.69) is 4.90 Å². The molecule has 2 heterocycles. The van der Waals surface area contributed by atoms with Crippen LogP contribution in [0.5, 0.6) is 5.75 Å². The summed E-state index contributed by atoms with van der Waals surface area (Å²) in [7, 11) is -2.27. The molecule has 3 nitrogen and oxygen atoms in total. The van der Waals surface area contributed by atoms with Crippen molar-refractivity contribution in [1.29, 1.82) is 0 Å². The van der Waals surface area contributed by atoms with E-state index >= 15 is 0 Å². The van der Waals surface area contributed by atoms with Crippen molar-refractivity contribution in [1.82, 2.24) is 4.90 Å². The van der Waals surface area contributed by atoms with Gasteiger partial charge in [0.05, 0.1) is 13.4 Å². The lowest BCUT2D eigenvalue weighted by Gasteiger charge is -2.39. The summed E-state index contributed by atoms with van der Waals surface area (Å²) in [6, 6.07) is 0.0801. The average molecular weight is 383 g/mol. The molecule has 2 aliphatic heterocycles. The SMILES string of the molecule is CP(C)(=O)CN1[C@@H]2CC[C@H]1CC(Oc1c(F)c(F)c(F)c(F)c1F)C2. The number of nitrogens with zero attached hydrogens (tertiary/aromatic N) is 1. The predicted molar refractivity (Wildman–Crippen MR) is 82.9 cm³/mol. The third-order valence-electron chi connectivity index (χ3n) is 4.80. The fourth-order valence-corrected chi connectivity index (χ4v) is 5.05. The van der Waals surface area contributed by atoms with E-state index in [1.54, 1.807) is 13.3 Å². The highest BCUT2D eigenvalue weighted by molar-refractivity contribution is 7.62. The molecule has 3 rings (SSSR count). The Kier molecular flexibility index (Phi) is 4.88. The van der Waals surface area contributed by atoms with Gasteiger partial charge in [0.1, 0.15) is 6.10 Å². The number of halogens is 5. The highest BCUT2D eigenvalue weighted by Gasteiger charge is 2.43. The molecule has 0 aliphatic carbocycles. The fraction of sp³-hybridized carbons (Fsp3) is 0.625. The second-order valence-corrected chi connectivity index (χ2v) is 10.7. The second-order valence-electron chi connectivity index (χ2n) is 7.22. The van der Waals surface area contributed by atoms with E-state index in [4.69, 9.17) is 4.74 Å².